The van der Waals surface area contributed by atoms with Gasteiger partial charge in [0.25, 0.3) is 0 Å². The summed E-state index contributed by atoms with van der Waals surface area (Å²) in [6, 6.07) is 6.63. The molecule has 0 atom stereocenters. The van der Waals surface area contributed by atoms with Gasteiger partial charge >= 0.3 is 5.97 Å². The van der Waals surface area contributed by atoms with Gasteiger partial charge in [-0.05, 0) is 37.3 Å². The van der Waals surface area contributed by atoms with Gasteiger partial charge < -0.3 is 9.84 Å². The Balaban J connectivity index is 2.48. The van der Waals surface area contributed by atoms with Crippen LogP contribution in [-0.2, 0) is 4.74 Å². The number of nitrogens with zero attached hydrogens (tertiary/aromatic N) is 1. The van der Waals surface area contributed by atoms with Crippen molar-refractivity contribution in [1.82, 2.24) is 4.57 Å². The molecule has 0 aliphatic carbocycles. The number of ether oxygens (including phenoxy) is 1. The number of carbonyl (C=O) groups is 1. The summed E-state index contributed by atoms with van der Waals surface area (Å²) in [6.45, 7) is 1.60. The smallest absolute Gasteiger partial charge is 0.345 e. The number of hydrogen-bond acceptors (Lipinski definition) is 4. The highest BCUT2D eigenvalue weighted by Crippen LogP contribution is 2.34. The van der Waals surface area contributed by atoms with Crippen LogP contribution in [0.4, 0.5) is 13.2 Å². The van der Waals surface area contributed by atoms with Crippen LogP contribution in [0.5, 0.6) is 5.75 Å². The number of esters is 1. The average molecular weight is 379 g/mol. The van der Waals surface area contributed by atoms with E-state index < -0.39 is 29.2 Å². The monoisotopic (exact) mass is 379 g/mol. The molecule has 0 spiro atoms. The first-order valence-electron chi connectivity index (χ1n) is 7.55. The SMILES string of the molecule is CCOC(=O)c1c(O)c2cc(F)c(F)cc2n(-c2ccc(F)cc2)c1=S. The summed E-state index contributed by atoms with van der Waals surface area (Å²) >= 11 is 5.28. The molecule has 0 bridgehead atoms. The van der Waals surface area contributed by atoms with Gasteiger partial charge in [0.2, 0.25) is 0 Å². The molecule has 1 aromatic heterocycles. The molecule has 3 rings (SSSR count). The largest absolute Gasteiger partial charge is 0.506 e. The summed E-state index contributed by atoms with van der Waals surface area (Å²) < 4.78 is 46.7. The van der Waals surface area contributed by atoms with Crippen molar-refractivity contribution in [2.75, 3.05) is 6.61 Å². The minimum absolute atomic E-state index is 0.0195. The molecule has 0 amide bonds. The highest BCUT2D eigenvalue weighted by Gasteiger charge is 2.23. The van der Waals surface area contributed by atoms with Crippen LogP contribution in [0.3, 0.4) is 0 Å². The Bertz CT molecular complexity index is 1080. The van der Waals surface area contributed by atoms with Gasteiger partial charge in [-0.2, -0.15) is 0 Å². The minimum Gasteiger partial charge on any atom is -0.506 e. The Morgan fingerprint density at radius 1 is 1.15 bits per heavy atom. The van der Waals surface area contributed by atoms with Crippen molar-refractivity contribution in [3.8, 4) is 11.4 Å². The molecule has 3 aromatic rings. The number of fused-ring (bicyclic) bond motifs is 1. The Hall–Kier alpha value is -2.87. The van der Waals surface area contributed by atoms with Crippen LogP contribution in [-0.4, -0.2) is 22.2 Å². The molecule has 2 aromatic carbocycles. The zero-order valence-corrected chi connectivity index (χ0v) is 14.2. The third-order valence-corrected chi connectivity index (χ3v) is 4.14. The van der Waals surface area contributed by atoms with Crippen molar-refractivity contribution in [1.29, 1.82) is 0 Å². The second kappa shape index (κ2) is 6.80. The van der Waals surface area contributed by atoms with E-state index in [1.165, 1.54) is 16.7 Å². The van der Waals surface area contributed by atoms with Gasteiger partial charge in [0, 0.05) is 17.1 Å². The summed E-state index contributed by atoms with van der Waals surface area (Å²) in [5.74, 6) is -4.39. The first-order valence-corrected chi connectivity index (χ1v) is 7.95. The van der Waals surface area contributed by atoms with Crippen LogP contribution < -0.4 is 0 Å². The van der Waals surface area contributed by atoms with E-state index in [0.29, 0.717) is 5.69 Å². The molecule has 0 radical (unpaired) electrons. The predicted octanol–water partition coefficient (Wildman–Crippen LogP) is 4.66. The van der Waals surface area contributed by atoms with Crippen LogP contribution in [0.25, 0.3) is 16.6 Å². The quantitative estimate of drug-likeness (QED) is 0.531. The van der Waals surface area contributed by atoms with E-state index in [0.717, 1.165) is 24.3 Å². The fourth-order valence-corrected chi connectivity index (χ4v) is 2.99. The number of hydrogen-bond donors (Lipinski definition) is 1. The lowest BCUT2D eigenvalue weighted by Crippen LogP contribution is -2.11. The number of halogens is 3. The topological polar surface area (TPSA) is 51.5 Å². The lowest BCUT2D eigenvalue weighted by molar-refractivity contribution is 0.0522. The van der Waals surface area contributed by atoms with Crippen molar-refractivity contribution in [2.24, 2.45) is 0 Å². The third kappa shape index (κ3) is 2.92. The van der Waals surface area contributed by atoms with Gasteiger partial charge in [-0.15, -0.1) is 0 Å². The zero-order chi connectivity index (χ0) is 19.0. The van der Waals surface area contributed by atoms with E-state index in [1.54, 1.807) is 6.92 Å². The first kappa shape index (κ1) is 17.9. The highest BCUT2D eigenvalue weighted by atomic mass is 32.1. The molecule has 0 aliphatic heterocycles. The third-order valence-electron chi connectivity index (χ3n) is 3.75. The fraction of sp³-hybridized carbons (Fsp3) is 0.111. The number of pyridine rings is 1. The fourth-order valence-electron chi connectivity index (χ4n) is 2.60. The second-order valence-electron chi connectivity index (χ2n) is 5.34. The van der Waals surface area contributed by atoms with E-state index in [9.17, 15) is 23.1 Å². The van der Waals surface area contributed by atoms with Crippen LogP contribution in [0.15, 0.2) is 36.4 Å². The number of carbonyl (C=O) groups excluding carboxylic acids is 1. The maximum Gasteiger partial charge on any atom is 0.345 e. The molecule has 1 N–H and O–H groups in total. The van der Waals surface area contributed by atoms with Crippen LogP contribution in [0.2, 0.25) is 0 Å². The van der Waals surface area contributed by atoms with E-state index in [2.05, 4.69) is 0 Å². The van der Waals surface area contributed by atoms with E-state index in [-0.39, 0.29) is 27.7 Å². The maximum absolute atomic E-state index is 13.8. The number of rotatable bonds is 3. The van der Waals surface area contributed by atoms with Crippen LogP contribution in [0.1, 0.15) is 17.3 Å². The Labute approximate surface area is 151 Å². The van der Waals surface area contributed by atoms with Gasteiger partial charge in [-0.1, -0.05) is 12.2 Å². The summed E-state index contributed by atoms with van der Waals surface area (Å²) in [5, 5.41) is 10.3. The highest BCUT2D eigenvalue weighted by molar-refractivity contribution is 7.71. The number of aromatic hydroxyl groups is 1. The summed E-state index contributed by atoms with van der Waals surface area (Å²) in [4.78, 5) is 12.2. The number of benzene rings is 2. The summed E-state index contributed by atoms with van der Waals surface area (Å²) in [7, 11) is 0. The summed E-state index contributed by atoms with van der Waals surface area (Å²) in [5.41, 5.74) is -0.0336. The average Bonchev–Trinajstić information content (AvgIpc) is 2.59. The molecule has 0 unspecified atom stereocenters. The van der Waals surface area contributed by atoms with Crippen molar-refractivity contribution in [2.45, 2.75) is 6.92 Å². The van der Waals surface area contributed by atoms with E-state index >= 15 is 0 Å². The van der Waals surface area contributed by atoms with Crippen LogP contribution >= 0.6 is 12.2 Å². The van der Waals surface area contributed by atoms with Gasteiger partial charge in [0.1, 0.15) is 21.8 Å². The van der Waals surface area contributed by atoms with Crippen LogP contribution in [0, 0.1) is 22.1 Å². The molecule has 4 nitrogen and oxygen atoms in total. The molecule has 8 heteroatoms. The Morgan fingerprint density at radius 2 is 1.77 bits per heavy atom. The van der Waals surface area contributed by atoms with Crippen molar-refractivity contribution in [3.63, 3.8) is 0 Å². The molecule has 134 valence electrons. The van der Waals surface area contributed by atoms with E-state index in [4.69, 9.17) is 17.0 Å². The van der Waals surface area contributed by atoms with Gasteiger partial charge in [-0.3, -0.25) is 4.57 Å². The van der Waals surface area contributed by atoms with Crippen molar-refractivity contribution < 1.29 is 27.8 Å². The first-order chi connectivity index (χ1) is 12.3. The second-order valence-corrected chi connectivity index (χ2v) is 5.73. The molecule has 0 fully saturated rings. The standard InChI is InChI=1S/C18H12F3NO3S/c1-2-25-18(24)15-16(23)11-7-12(20)13(21)8-14(11)22(17(15)26)10-5-3-9(19)4-6-10/h3-8,23H,2H2,1H3. The molecule has 0 aliphatic rings. The normalized spacial score (nSPS) is 10.9. The van der Waals surface area contributed by atoms with E-state index in [1.807, 2.05) is 0 Å². The zero-order valence-electron chi connectivity index (χ0n) is 13.4. The lowest BCUT2D eigenvalue weighted by Gasteiger charge is -2.16. The van der Waals surface area contributed by atoms with Crippen molar-refractivity contribution >= 4 is 29.1 Å². The van der Waals surface area contributed by atoms with Gasteiger partial charge in [-0.25, -0.2) is 18.0 Å². The minimum atomic E-state index is -1.20. The van der Waals surface area contributed by atoms with Gasteiger partial charge in [0.05, 0.1) is 12.1 Å². The predicted molar refractivity (Wildman–Crippen MR) is 91.6 cm³/mol. The molecular formula is C18H12F3NO3S. The maximum atomic E-state index is 13.8. The number of aromatic nitrogens is 1. The molecule has 1 heterocycles. The molecule has 0 saturated heterocycles. The van der Waals surface area contributed by atoms with Gasteiger partial charge in [0.15, 0.2) is 11.6 Å². The Kier molecular flexibility index (Phi) is 4.69. The van der Waals surface area contributed by atoms with Crippen molar-refractivity contribution in [3.05, 3.63) is 64.1 Å². The summed E-state index contributed by atoms with van der Waals surface area (Å²) in [6.07, 6.45) is 0. The Morgan fingerprint density at radius 3 is 2.38 bits per heavy atom. The lowest BCUT2D eigenvalue weighted by atomic mass is 10.1. The molecular weight excluding hydrogens is 367 g/mol. The molecule has 26 heavy (non-hydrogen) atoms. The molecule has 0 saturated carbocycles.